The highest BCUT2D eigenvalue weighted by atomic mass is 32.2. The van der Waals surface area contributed by atoms with Gasteiger partial charge in [-0.1, -0.05) is 6.07 Å². The standard InChI is InChI=1S/C22H23N3O4S/c1-14-11-17(20(24-12-14)29-13-15-5-6-15)22(8-9-22)21(26)25-30(27,28)19-4-2-3-18-16(19)7-10-23-18/h2-4,7,10-12,15,23H,5-6,8-9,13H2,1H3,(H,25,26). The first-order valence-electron chi connectivity index (χ1n) is 10.1. The Hall–Kier alpha value is -2.87. The van der Waals surface area contributed by atoms with Crippen LogP contribution >= 0.6 is 0 Å². The van der Waals surface area contributed by atoms with Gasteiger partial charge in [-0.15, -0.1) is 0 Å². The Morgan fingerprint density at radius 1 is 1.30 bits per heavy atom. The lowest BCUT2D eigenvalue weighted by Crippen LogP contribution is -2.39. The fraction of sp³-hybridized carbons (Fsp3) is 0.364. The minimum Gasteiger partial charge on any atom is -0.477 e. The second-order valence-corrected chi connectivity index (χ2v) is 9.98. The molecule has 2 aromatic heterocycles. The van der Waals surface area contributed by atoms with Gasteiger partial charge in [-0.05, 0) is 68.4 Å². The van der Waals surface area contributed by atoms with Gasteiger partial charge in [0.25, 0.3) is 10.0 Å². The van der Waals surface area contributed by atoms with Crippen molar-refractivity contribution in [1.29, 1.82) is 0 Å². The lowest BCUT2D eigenvalue weighted by Gasteiger charge is -2.19. The Kier molecular flexibility index (Phi) is 4.36. The van der Waals surface area contributed by atoms with Crippen molar-refractivity contribution in [2.75, 3.05) is 6.61 Å². The highest BCUT2D eigenvalue weighted by Crippen LogP contribution is 2.51. The summed E-state index contributed by atoms with van der Waals surface area (Å²) in [5.41, 5.74) is 1.36. The molecule has 0 radical (unpaired) electrons. The monoisotopic (exact) mass is 425 g/mol. The topological polar surface area (TPSA) is 101 Å². The van der Waals surface area contributed by atoms with Gasteiger partial charge in [0.15, 0.2) is 0 Å². The third-order valence-electron chi connectivity index (χ3n) is 5.91. The molecule has 156 valence electrons. The summed E-state index contributed by atoms with van der Waals surface area (Å²) in [7, 11) is -4.03. The number of benzene rings is 1. The molecule has 2 aliphatic carbocycles. The molecule has 3 aromatic rings. The minimum absolute atomic E-state index is 0.0815. The van der Waals surface area contributed by atoms with E-state index in [1.54, 1.807) is 30.6 Å². The molecular weight excluding hydrogens is 402 g/mol. The van der Waals surface area contributed by atoms with Crippen molar-refractivity contribution in [3.8, 4) is 5.88 Å². The average molecular weight is 426 g/mol. The molecule has 1 amide bonds. The lowest BCUT2D eigenvalue weighted by atomic mass is 9.95. The van der Waals surface area contributed by atoms with Crippen LogP contribution in [0, 0.1) is 12.8 Å². The molecule has 2 heterocycles. The molecule has 5 rings (SSSR count). The largest absolute Gasteiger partial charge is 0.477 e. The number of aromatic nitrogens is 2. The molecule has 2 saturated carbocycles. The second-order valence-electron chi connectivity index (χ2n) is 8.33. The first-order chi connectivity index (χ1) is 14.4. The van der Waals surface area contributed by atoms with E-state index in [1.165, 1.54) is 6.07 Å². The van der Waals surface area contributed by atoms with Crippen molar-refractivity contribution >= 4 is 26.8 Å². The maximum absolute atomic E-state index is 13.2. The van der Waals surface area contributed by atoms with Crippen molar-refractivity contribution in [3.63, 3.8) is 0 Å². The Balaban J connectivity index is 1.45. The number of hydrogen-bond donors (Lipinski definition) is 2. The van der Waals surface area contributed by atoms with E-state index in [4.69, 9.17) is 4.74 Å². The Morgan fingerprint density at radius 2 is 2.10 bits per heavy atom. The smallest absolute Gasteiger partial charge is 0.264 e. The summed E-state index contributed by atoms with van der Waals surface area (Å²) in [6.07, 6.45) is 6.81. The molecule has 1 aromatic carbocycles. The van der Waals surface area contributed by atoms with Gasteiger partial charge in [0, 0.05) is 28.9 Å². The molecule has 0 saturated heterocycles. The van der Waals surface area contributed by atoms with Crippen LogP contribution in [0.2, 0.25) is 0 Å². The number of aromatic amines is 1. The maximum atomic E-state index is 13.2. The van der Waals surface area contributed by atoms with Gasteiger partial charge >= 0.3 is 0 Å². The van der Waals surface area contributed by atoms with Gasteiger partial charge in [-0.2, -0.15) is 0 Å². The first kappa shape index (κ1) is 19.1. The zero-order valence-electron chi connectivity index (χ0n) is 16.6. The number of H-pyrrole nitrogens is 1. The quantitative estimate of drug-likeness (QED) is 0.605. The van der Waals surface area contributed by atoms with Gasteiger partial charge in [0.1, 0.15) is 0 Å². The second kappa shape index (κ2) is 6.84. The number of rotatable bonds is 7. The highest BCUT2D eigenvalue weighted by Gasteiger charge is 2.54. The number of hydrogen-bond acceptors (Lipinski definition) is 5. The molecule has 0 aliphatic heterocycles. The summed E-state index contributed by atoms with van der Waals surface area (Å²) in [6, 6.07) is 8.53. The van der Waals surface area contributed by atoms with Crippen LogP contribution in [0.3, 0.4) is 0 Å². The van der Waals surface area contributed by atoms with Crippen molar-refractivity contribution < 1.29 is 17.9 Å². The number of ether oxygens (including phenoxy) is 1. The van der Waals surface area contributed by atoms with Crippen LogP contribution in [0.25, 0.3) is 10.9 Å². The summed E-state index contributed by atoms with van der Waals surface area (Å²) in [5, 5.41) is 0.549. The number of aryl methyl sites for hydroxylation is 1. The fourth-order valence-electron chi connectivity index (χ4n) is 3.81. The SMILES string of the molecule is Cc1cnc(OCC2CC2)c(C2(C(=O)NS(=O)(=O)c3cccc4[nH]ccc34)CC2)c1. The Bertz CT molecular complexity index is 1240. The summed E-state index contributed by atoms with van der Waals surface area (Å²) < 4.78 is 34.3. The van der Waals surface area contributed by atoms with E-state index in [-0.39, 0.29) is 4.90 Å². The van der Waals surface area contributed by atoms with Crippen LogP contribution < -0.4 is 9.46 Å². The molecule has 0 atom stereocenters. The van der Waals surface area contributed by atoms with E-state index in [0.29, 0.717) is 47.7 Å². The van der Waals surface area contributed by atoms with Gasteiger partial charge < -0.3 is 9.72 Å². The van der Waals surface area contributed by atoms with Crippen molar-refractivity contribution in [1.82, 2.24) is 14.7 Å². The van der Waals surface area contributed by atoms with Crippen LogP contribution in [0.4, 0.5) is 0 Å². The van der Waals surface area contributed by atoms with Crippen LogP contribution in [-0.2, 0) is 20.2 Å². The molecular formula is C22H23N3O4S. The number of carbonyl (C=O) groups excluding carboxylic acids is 1. The number of nitrogens with zero attached hydrogens (tertiary/aromatic N) is 1. The number of pyridine rings is 1. The van der Waals surface area contributed by atoms with Crippen LogP contribution in [0.15, 0.2) is 47.6 Å². The summed E-state index contributed by atoms with van der Waals surface area (Å²) in [5.74, 6) is 0.455. The van der Waals surface area contributed by atoms with Gasteiger partial charge in [0.05, 0.1) is 16.9 Å². The minimum atomic E-state index is -4.03. The highest BCUT2D eigenvalue weighted by molar-refractivity contribution is 7.90. The molecule has 30 heavy (non-hydrogen) atoms. The van der Waals surface area contributed by atoms with E-state index in [2.05, 4.69) is 14.7 Å². The van der Waals surface area contributed by atoms with Crippen molar-refractivity contribution in [3.05, 3.63) is 53.9 Å². The number of carbonyl (C=O) groups is 1. The molecule has 7 nitrogen and oxygen atoms in total. The third kappa shape index (κ3) is 3.35. The summed E-state index contributed by atoms with van der Waals surface area (Å²) in [4.78, 5) is 20.7. The number of sulfonamides is 1. The molecule has 2 N–H and O–H groups in total. The van der Waals surface area contributed by atoms with Crippen LogP contribution in [0.5, 0.6) is 5.88 Å². The van der Waals surface area contributed by atoms with Crippen molar-refractivity contribution in [2.24, 2.45) is 5.92 Å². The summed E-state index contributed by atoms with van der Waals surface area (Å²) >= 11 is 0. The molecule has 8 heteroatoms. The fourth-order valence-corrected chi connectivity index (χ4v) is 5.08. The zero-order chi connectivity index (χ0) is 20.9. The zero-order valence-corrected chi connectivity index (χ0v) is 17.5. The number of fused-ring (bicyclic) bond motifs is 1. The molecule has 0 unspecified atom stereocenters. The summed E-state index contributed by atoms with van der Waals surface area (Å²) in [6.45, 7) is 2.48. The maximum Gasteiger partial charge on any atom is 0.264 e. The van der Waals surface area contributed by atoms with Crippen LogP contribution in [-0.4, -0.2) is 30.9 Å². The molecule has 0 spiro atoms. The van der Waals surface area contributed by atoms with E-state index in [9.17, 15) is 13.2 Å². The van der Waals surface area contributed by atoms with Gasteiger partial charge in [0.2, 0.25) is 11.8 Å². The number of nitrogens with one attached hydrogen (secondary N) is 2. The first-order valence-corrected chi connectivity index (χ1v) is 11.6. The van der Waals surface area contributed by atoms with Gasteiger partial charge in [-0.25, -0.2) is 18.1 Å². The van der Waals surface area contributed by atoms with E-state index in [0.717, 1.165) is 18.4 Å². The normalized spacial score (nSPS) is 17.6. The predicted octanol–water partition coefficient (Wildman–Crippen LogP) is 3.20. The van der Waals surface area contributed by atoms with Crippen LogP contribution in [0.1, 0.15) is 36.8 Å². The Labute approximate surface area is 174 Å². The molecule has 0 bridgehead atoms. The van der Waals surface area contributed by atoms with Crippen molar-refractivity contribution in [2.45, 2.75) is 42.9 Å². The predicted molar refractivity (Wildman–Crippen MR) is 112 cm³/mol. The number of amides is 1. The van der Waals surface area contributed by atoms with E-state index >= 15 is 0 Å². The van der Waals surface area contributed by atoms with E-state index in [1.807, 2.05) is 13.0 Å². The Morgan fingerprint density at radius 3 is 2.83 bits per heavy atom. The van der Waals surface area contributed by atoms with Gasteiger partial charge in [-0.3, -0.25) is 4.79 Å². The average Bonchev–Trinajstić information content (AvgIpc) is 3.64. The third-order valence-corrected chi connectivity index (χ3v) is 7.30. The molecule has 2 fully saturated rings. The lowest BCUT2D eigenvalue weighted by molar-refractivity contribution is -0.121. The van der Waals surface area contributed by atoms with E-state index < -0.39 is 21.3 Å². The molecule has 2 aliphatic rings.